The fourth-order valence-electron chi connectivity index (χ4n) is 4.49. The third kappa shape index (κ3) is 5.29. The standard InChI is InChI=1S/C32H41N3/c1-9-10-18-35-28-17-13-16-27(33-26-15-12-11-14-22(26)2)29(28)34-30(35)23-19-24(31(3,4)5)21-25(20-23)32(6,7)8/h11-17,19-21,33H,9-10,18H2,1-8H3. The van der Waals surface area contributed by atoms with Crippen molar-refractivity contribution < 1.29 is 0 Å². The largest absolute Gasteiger partial charge is 0.353 e. The smallest absolute Gasteiger partial charge is 0.141 e. The molecule has 1 heterocycles. The zero-order valence-electron chi connectivity index (χ0n) is 22.8. The molecule has 3 aromatic carbocycles. The van der Waals surface area contributed by atoms with Crippen LogP contribution in [-0.4, -0.2) is 9.55 Å². The number of anilines is 2. The number of hydrogen-bond acceptors (Lipinski definition) is 2. The highest BCUT2D eigenvalue weighted by Gasteiger charge is 2.23. The van der Waals surface area contributed by atoms with Crippen molar-refractivity contribution in [3.8, 4) is 11.4 Å². The molecule has 0 bridgehead atoms. The summed E-state index contributed by atoms with van der Waals surface area (Å²) >= 11 is 0. The van der Waals surface area contributed by atoms with Gasteiger partial charge in [-0.05, 0) is 71.2 Å². The third-order valence-corrected chi connectivity index (χ3v) is 6.85. The molecule has 0 unspecified atom stereocenters. The maximum Gasteiger partial charge on any atom is 0.141 e. The summed E-state index contributed by atoms with van der Waals surface area (Å²) in [5, 5.41) is 3.66. The first kappa shape index (κ1) is 25.0. The van der Waals surface area contributed by atoms with Crippen LogP contribution in [0.4, 0.5) is 11.4 Å². The van der Waals surface area contributed by atoms with E-state index in [1.807, 2.05) is 0 Å². The molecule has 184 valence electrons. The minimum atomic E-state index is 0.0633. The van der Waals surface area contributed by atoms with Crippen LogP contribution in [0.1, 0.15) is 78.0 Å². The molecule has 0 spiro atoms. The summed E-state index contributed by atoms with van der Waals surface area (Å²) in [5.74, 6) is 1.06. The maximum atomic E-state index is 5.31. The topological polar surface area (TPSA) is 29.9 Å². The number of nitrogens with zero attached hydrogens (tertiary/aromatic N) is 2. The molecule has 4 aromatic rings. The fourth-order valence-corrected chi connectivity index (χ4v) is 4.49. The minimum absolute atomic E-state index is 0.0633. The molecule has 0 amide bonds. The molecule has 3 nitrogen and oxygen atoms in total. The van der Waals surface area contributed by atoms with E-state index in [4.69, 9.17) is 4.98 Å². The number of aromatic nitrogens is 2. The van der Waals surface area contributed by atoms with E-state index in [1.54, 1.807) is 0 Å². The lowest BCUT2D eigenvalue weighted by molar-refractivity contribution is 0.568. The second-order valence-electron chi connectivity index (χ2n) is 11.9. The lowest BCUT2D eigenvalue weighted by Crippen LogP contribution is -2.17. The van der Waals surface area contributed by atoms with E-state index in [2.05, 4.69) is 126 Å². The maximum absolute atomic E-state index is 5.31. The first-order valence-electron chi connectivity index (χ1n) is 13.0. The van der Waals surface area contributed by atoms with Gasteiger partial charge in [0.1, 0.15) is 11.3 Å². The summed E-state index contributed by atoms with van der Waals surface area (Å²) in [5.41, 5.74) is 9.65. The Kier molecular flexibility index (Phi) is 6.81. The molecule has 0 saturated heterocycles. The number of nitrogens with one attached hydrogen (secondary N) is 1. The Morgan fingerprint density at radius 3 is 2.03 bits per heavy atom. The third-order valence-electron chi connectivity index (χ3n) is 6.85. The van der Waals surface area contributed by atoms with Gasteiger partial charge in [-0.1, -0.05) is 85.2 Å². The second kappa shape index (κ2) is 9.53. The number of rotatable bonds is 6. The van der Waals surface area contributed by atoms with Crippen LogP contribution in [0.25, 0.3) is 22.4 Å². The predicted octanol–water partition coefficient (Wildman–Crippen LogP) is 9.15. The number of para-hydroxylation sites is 2. The van der Waals surface area contributed by atoms with E-state index >= 15 is 0 Å². The van der Waals surface area contributed by atoms with Crippen LogP contribution in [0.5, 0.6) is 0 Å². The van der Waals surface area contributed by atoms with E-state index in [0.717, 1.165) is 42.1 Å². The molecule has 1 aromatic heterocycles. The highest BCUT2D eigenvalue weighted by molar-refractivity contribution is 5.93. The lowest BCUT2D eigenvalue weighted by Gasteiger charge is -2.26. The van der Waals surface area contributed by atoms with Crippen LogP contribution in [0.3, 0.4) is 0 Å². The molecule has 3 heteroatoms. The summed E-state index contributed by atoms with van der Waals surface area (Å²) in [7, 11) is 0. The first-order chi connectivity index (χ1) is 16.5. The van der Waals surface area contributed by atoms with Gasteiger partial charge in [0, 0.05) is 17.8 Å². The van der Waals surface area contributed by atoms with Gasteiger partial charge in [0.2, 0.25) is 0 Å². The molecule has 0 saturated carbocycles. The van der Waals surface area contributed by atoms with Crippen molar-refractivity contribution in [2.24, 2.45) is 0 Å². The van der Waals surface area contributed by atoms with Gasteiger partial charge in [0.05, 0.1) is 11.2 Å². The monoisotopic (exact) mass is 467 g/mol. The number of hydrogen-bond donors (Lipinski definition) is 1. The molecular formula is C32H41N3. The second-order valence-corrected chi connectivity index (χ2v) is 11.9. The summed E-state index contributed by atoms with van der Waals surface area (Å²) in [6.07, 6.45) is 2.27. The van der Waals surface area contributed by atoms with Gasteiger partial charge in [-0.3, -0.25) is 0 Å². The first-order valence-corrected chi connectivity index (χ1v) is 13.0. The van der Waals surface area contributed by atoms with Gasteiger partial charge in [-0.2, -0.15) is 0 Å². The predicted molar refractivity (Wildman–Crippen MR) is 152 cm³/mol. The van der Waals surface area contributed by atoms with Gasteiger partial charge < -0.3 is 9.88 Å². The van der Waals surface area contributed by atoms with Crippen LogP contribution in [-0.2, 0) is 17.4 Å². The number of unbranched alkanes of at least 4 members (excludes halogenated alkanes) is 1. The zero-order valence-corrected chi connectivity index (χ0v) is 22.8. The Bertz CT molecular complexity index is 1300. The minimum Gasteiger partial charge on any atom is -0.353 e. The highest BCUT2D eigenvalue weighted by Crippen LogP contribution is 2.36. The SMILES string of the molecule is CCCCn1c(-c2cc(C(C)(C)C)cc(C(C)(C)C)c2)nc2c(Nc3ccccc3C)cccc21. The average molecular weight is 468 g/mol. The van der Waals surface area contributed by atoms with Crippen molar-refractivity contribution in [2.45, 2.75) is 85.6 Å². The quantitative estimate of drug-likeness (QED) is 0.306. The van der Waals surface area contributed by atoms with Gasteiger partial charge in [0.25, 0.3) is 0 Å². The zero-order chi connectivity index (χ0) is 25.4. The Balaban J connectivity index is 1.94. The molecule has 1 N–H and O–H groups in total. The van der Waals surface area contributed by atoms with Gasteiger partial charge >= 0.3 is 0 Å². The van der Waals surface area contributed by atoms with Gasteiger partial charge in [0.15, 0.2) is 0 Å². The molecule has 4 rings (SSSR count). The summed E-state index contributed by atoms with van der Waals surface area (Å²) in [6, 6.07) is 22.0. The van der Waals surface area contributed by atoms with Crippen molar-refractivity contribution in [2.75, 3.05) is 5.32 Å². The van der Waals surface area contributed by atoms with Crippen molar-refractivity contribution in [1.82, 2.24) is 9.55 Å². The van der Waals surface area contributed by atoms with E-state index in [0.29, 0.717) is 0 Å². The molecular weight excluding hydrogens is 426 g/mol. The molecule has 0 aliphatic heterocycles. The molecule has 0 radical (unpaired) electrons. The highest BCUT2D eigenvalue weighted by atomic mass is 15.1. The molecule has 0 fully saturated rings. The number of imidazole rings is 1. The van der Waals surface area contributed by atoms with Crippen molar-refractivity contribution in [1.29, 1.82) is 0 Å². The Hall–Kier alpha value is -3.07. The Morgan fingerprint density at radius 1 is 0.800 bits per heavy atom. The van der Waals surface area contributed by atoms with Gasteiger partial charge in [-0.25, -0.2) is 4.98 Å². The molecule has 0 atom stereocenters. The summed E-state index contributed by atoms with van der Waals surface area (Å²) in [6.45, 7) is 19.1. The van der Waals surface area contributed by atoms with E-state index in [9.17, 15) is 0 Å². The Labute approximate surface area is 211 Å². The molecule has 0 aliphatic carbocycles. The van der Waals surface area contributed by atoms with Crippen LogP contribution in [0.2, 0.25) is 0 Å². The van der Waals surface area contributed by atoms with Crippen molar-refractivity contribution in [3.63, 3.8) is 0 Å². The van der Waals surface area contributed by atoms with Crippen molar-refractivity contribution >= 4 is 22.4 Å². The number of benzene rings is 3. The Morgan fingerprint density at radius 2 is 1.43 bits per heavy atom. The molecule has 0 aliphatic rings. The summed E-state index contributed by atoms with van der Waals surface area (Å²) in [4.78, 5) is 5.31. The van der Waals surface area contributed by atoms with E-state index in [-0.39, 0.29) is 10.8 Å². The van der Waals surface area contributed by atoms with Crippen LogP contribution >= 0.6 is 0 Å². The van der Waals surface area contributed by atoms with Crippen LogP contribution in [0.15, 0.2) is 60.7 Å². The van der Waals surface area contributed by atoms with Crippen LogP contribution in [0, 0.1) is 6.92 Å². The van der Waals surface area contributed by atoms with E-state index < -0.39 is 0 Å². The normalized spacial score (nSPS) is 12.3. The lowest BCUT2D eigenvalue weighted by atomic mass is 9.79. The average Bonchev–Trinajstić information content (AvgIpc) is 3.17. The molecule has 35 heavy (non-hydrogen) atoms. The van der Waals surface area contributed by atoms with E-state index in [1.165, 1.54) is 27.8 Å². The van der Waals surface area contributed by atoms with Crippen LogP contribution < -0.4 is 5.32 Å². The fraction of sp³-hybridized carbons (Fsp3) is 0.406. The number of fused-ring (bicyclic) bond motifs is 1. The number of aryl methyl sites for hydroxylation is 2. The van der Waals surface area contributed by atoms with Crippen molar-refractivity contribution in [3.05, 3.63) is 77.4 Å². The van der Waals surface area contributed by atoms with Gasteiger partial charge in [-0.15, -0.1) is 0 Å². The summed E-state index contributed by atoms with van der Waals surface area (Å²) < 4.78 is 2.43.